The molecular formula is C13H14BrN3O2. The number of carbonyl (C=O) groups is 1. The van der Waals surface area contributed by atoms with Gasteiger partial charge in [0.05, 0.1) is 15.9 Å². The highest BCUT2D eigenvalue weighted by molar-refractivity contribution is 9.10. The van der Waals surface area contributed by atoms with Crippen LogP contribution in [0.2, 0.25) is 0 Å². The summed E-state index contributed by atoms with van der Waals surface area (Å²) in [5, 5.41) is 4.29. The first-order chi connectivity index (χ1) is 8.99. The van der Waals surface area contributed by atoms with Crippen molar-refractivity contribution in [3.8, 4) is 5.75 Å². The fraction of sp³-hybridized carbons (Fsp3) is 0.231. The van der Waals surface area contributed by atoms with E-state index in [4.69, 9.17) is 10.5 Å². The molecule has 0 fully saturated rings. The number of nitrogens with zero attached hydrogens (tertiary/aromatic N) is 2. The predicted octanol–water partition coefficient (Wildman–Crippen LogP) is 2.17. The summed E-state index contributed by atoms with van der Waals surface area (Å²) in [7, 11) is 1.87. The molecule has 2 N–H and O–H groups in total. The lowest BCUT2D eigenvalue weighted by atomic mass is 10.2. The van der Waals surface area contributed by atoms with Gasteiger partial charge in [0.25, 0.3) is 0 Å². The first kappa shape index (κ1) is 13.6. The third kappa shape index (κ3) is 2.96. The van der Waals surface area contributed by atoms with E-state index in [1.807, 2.05) is 14.0 Å². The molecule has 0 unspecified atom stereocenters. The molecule has 100 valence electrons. The van der Waals surface area contributed by atoms with Gasteiger partial charge in [-0.05, 0) is 47.1 Å². The minimum absolute atomic E-state index is 0.397. The Labute approximate surface area is 119 Å². The largest absolute Gasteiger partial charge is 0.487 e. The van der Waals surface area contributed by atoms with E-state index in [1.54, 1.807) is 28.9 Å². The van der Waals surface area contributed by atoms with Crippen LogP contribution in [-0.4, -0.2) is 15.7 Å². The summed E-state index contributed by atoms with van der Waals surface area (Å²) in [4.78, 5) is 10.9. The Morgan fingerprint density at radius 3 is 2.53 bits per heavy atom. The van der Waals surface area contributed by atoms with Crippen molar-refractivity contribution < 1.29 is 9.53 Å². The van der Waals surface area contributed by atoms with Crippen molar-refractivity contribution in [1.29, 1.82) is 0 Å². The maximum absolute atomic E-state index is 10.9. The lowest BCUT2D eigenvalue weighted by molar-refractivity contribution is 0.100. The van der Waals surface area contributed by atoms with Gasteiger partial charge in [-0.15, -0.1) is 0 Å². The van der Waals surface area contributed by atoms with Gasteiger partial charge in [-0.3, -0.25) is 9.48 Å². The zero-order valence-corrected chi connectivity index (χ0v) is 12.3. The Balaban J connectivity index is 2.08. The number of aryl methyl sites for hydroxylation is 2. The van der Waals surface area contributed by atoms with E-state index >= 15 is 0 Å². The second-order valence-corrected chi connectivity index (χ2v) is 4.94. The molecule has 0 aliphatic rings. The van der Waals surface area contributed by atoms with E-state index in [0.717, 1.165) is 15.9 Å². The number of rotatable bonds is 4. The van der Waals surface area contributed by atoms with Crippen LogP contribution in [-0.2, 0) is 13.7 Å². The van der Waals surface area contributed by atoms with Crippen LogP contribution in [0, 0.1) is 6.92 Å². The smallest absolute Gasteiger partial charge is 0.248 e. The second-order valence-electron chi connectivity index (χ2n) is 4.15. The summed E-state index contributed by atoms with van der Waals surface area (Å²) < 4.78 is 8.38. The summed E-state index contributed by atoms with van der Waals surface area (Å²) in [5.74, 6) is 0.229. The van der Waals surface area contributed by atoms with Gasteiger partial charge in [0.15, 0.2) is 0 Å². The Hall–Kier alpha value is -1.82. The Kier molecular flexibility index (Phi) is 3.90. The highest BCUT2D eigenvalue weighted by atomic mass is 79.9. The molecule has 1 amide bonds. The third-order valence-electron chi connectivity index (χ3n) is 2.78. The molecule has 0 bridgehead atoms. The van der Waals surface area contributed by atoms with E-state index in [1.165, 1.54) is 0 Å². The van der Waals surface area contributed by atoms with Gasteiger partial charge in [-0.25, -0.2) is 0 Å². The van der Waals surface area contributed by atoms with Crippen molar-refractivity contribution in [2.24, 2.45) is 12.8 Å². The fourth-order valence-corrected chi connectivity index (χ4v) is 2.15. The second kappa shape index (κ2) is 5.44. The molecule has 2 aromatic rings. The molecule has 1 heterocycles. The fourth-order valence-electron chi connectivity index (χ4n) is 1.70. The number of benzene rings is 1. The van der Waals surface area contributed by atoms with Crippen molar-refractivity contribution in [1.82, 2.24) is 9.78 Å². The number of halogens is 1. The molecule has 6 heteroatoms. The van der Waals surface area contributed by atoms with Crippen LogP contribution in [0.4, 0.5) is 0 Å². The normalized spacial score (nSPS) is 10.5. The van der Waals surface area contributed by atoms with Crippen molar-refractivity contribution in [2.45, 2.75) is 13.5 Å². The molecule has 19 heavy (non-hydrogen) atoms. The topological polar surface area (TPSA) is 70.1 Å². The third-order valence-corrected chi connectivity index (χ3v) is 3.81. The maximum atomic E-state index is 10.9. The van der Waals surface area contributed by atoms with Gasteiger partial charge in [0.2, 0.25) is 5.91 Å². The molecular weight excluding hydrogens is 310 g/mol. The zero-order valence-electron chi connectivity index (χ0n) is 10.7. The van der Waals surface area contributed by atoms with Gasteiger partial charge in [0.1, 0.15) is 12.4 Å². The van der Waals surface area contributed by atoms with Gasteiger partial charge >= 0.3 is 0 Å². The monoisotopic (exact) mass is 323 g/mol. The average molecular weight is 324 g/mol. The quantitative estimate of drug-likeness (QED) is 0.937. The molecule has 0 saturated heterocycles. The first-order valence-corrected chi connectivity index (χ1v) is 6.49. The number of aromatic nitrogens is 2. The maximum Gasteiger partial charge on any atom is 0.248 e. The van der Waals surface area contributed by atoms with Crippen LogP contribution < -0.4 is 10.5 Å². The van der Waals surface area contributed by atoms with Crippen molar-refractivity contribution >= 4 is 21.8 Å². The Morgan fingerprint density at radius 2 is 2.05 bits per heavy atom. The van der Waals surface area contributed by atoms with E-state index in [0.29, 0.717) is 17.9 Å². The number of hydrogen-bond acceptors (Lipinski definition) is 3. The molecule has 0 radical (unpaired) electrons. The van der Waals surface area contributed by atoms with Gasteiger partial charge in [-0.1, -0.05) is 0 Å². The molecule has 1 aromatic heterocycles. The molecule has 0 saturated carbocycles. The number of amides is 1. The van der Waals surface area contributed by atoms with Gasteiger partial charge in [0, 0.05) is 12.6 Å². The number of carbonyl (C=O) groups excluding carboxylic acids is 1. The molecule has 5 nitrogen and oxygen atoms in total. The highest BCUT2D eigenvalue weighted by Crippen LogP contribution is 2.22. The van der Waals surface area contributed by atoms with Crippen LogP contribution in [0.15, 0.2) is 28.7 Å². The van der Waals surface area contributed by atoms with Crippen molar-refractivity contribution in [3.63, 3.8) is 0 Å². The standard InChI is InChI=1S/C13H14BrN3O2/c1-8-12(14)11(17(2)16-8)7-19-10-5-3-9(4-6-10)13(15)18/h3-6H,7H2,1-2H3,(H2,15,18). The molecule has 2 rings (SSSR count). The predicted molar refractivity (Wildman–Crippen MR) is 74.9 cm³/mol. The minimum atomic E-state index is -0.448. The van der Waals surface area contributed by atoms with Crippen LogP contribution in [0.1, 0.15) is 21.7 Å². The van der Waals surface area contributed by atoms with E-state index < -0.39 is 5.91 Å². The van der Waals surface area contributed by atoms with Crippen LogP contribution >= 0.6 is 15.9 Å². The summed E-state index contributed by atoms with van der Waals surface area (Å²) in [6, 6.07) is 6.72. The number of primary amides is 1. The minimum Gasteiger partial charge on any atom is -0.487 e. The van der Waals surface area contributed by atoms with E-state index in [9.17, 15) is 4.79 Å². The average Bonchev–Trinajstić information content (AvgIpc) is 2.62. The van der Waals surface area contributed by atoms with Gasteiger partial charge < -0.3 is 10.5 Å². The van der Waals surface area contributed by atoms with E-state index in [-0.39, 0.29) is 0 Å². The summed E-state index contributed by atoms with van der Waals surface area (Å²) in [6.07, 6.45) is 0. The Morgan fingerprint density at radius 1 is 1.42 bits per heavy atom. The van der Waals surface area contributed by atoms with E-state index in [2.05, 4.69) is 21.0 Å². The number of hydrogen-bond donors (Lipinski definition) is 1. The highest BCUT2D eigenvalue weighted by Gasteiger charge is 2.11. The molecule has 0 aliphatic heterocycles. The number of ether oxygens (including phenoxy) is 1. The Bertz CT molecular complexity index is 605. The van der Waals surface area contributed by atoms with Crippen LogP contribution in [0.25, 0.3) is 0 Å². The summed E-state index contributed by atoms with van der Waals surface area (Å²) >= 11 is 3.48. The summed E-state index contributed by atoms with van der Waals surface area (Å²) in [5.41, 5.74) is 7.51. The molecule has 0 atom stereocenters. The lowest BCUT2D eigenvalue weighted by Crippen LogP contribution is -2.10. The van der Waals surface area contributed by atoms with Gasteiger partial charge in [-0.2, -0.15) is 5.10 Å². The van der Waals surface area contributed by atoms with Crippen LogP contribution in [0.5, 0.6) is 5.75 Å². The van der Waals surface area contributed by atoms with Crippen LogP contribution in [0.3, 0.4) is 0 Å². The number of nitrogens with two attached hydrogens (primary N) is 1. The zero-order chi connectivity index (χ0) is 14.0. The molecule has 0 spiro atoms. The summed E-state index contributed by atoms with van der Waals surface area (Å²) in [6.45, 7) is 2.32. The SMILES string of the molecule is Cc1nn(C)c(COc2ccc(C(N)=O)cc2)c1Br. The lowest BCUT2D eigenvalue weighted by Gasteiger charge is -2.07. The van der Waals surface area contributed by atoms with Crippen molar-refractivity contribution in [3.05, 3.63) is 45.7 Å². The van der Waals surface area contributed by atoms with Crippen molar-refractivity contribution in [2.75, 3.05) is 0 Å². The first-order valence-electron chi connectivity index (χ1n) is 5.69. The molecule has 0 aliphatic carbocycles. The molecule has 1 aromatic carbocycles.